The van der Waals surface area contributed by atoms with E-state index < -0.39 is 0 Å². The number of hydrogen-bond acceptors (Lipinski definition) is 1. The Balaban J connectivity index is 1.70. The molecule has 0 heterocycles. The molecule has 2 rings (SSSR count). The zero-order valence-corrected chi connectivity index (χ0v) is 12.9. The topological polar surface area (TPSA) is 12.0 Å². The molecule has 106 valence electrons. The van der Waals surface area contributed by atoms with E-state index in [-0.39, 0.29) is 0 Å². The molecule has 1 fully saturated rings. The van der Waals surface area contributed by atoms with E-state index in [0.29, 0.717) is 11.3 Å². The maximum absolute atomic E-state index is 6.13. The molecule has 19 heavy (non-hydrogen) atoms. The predicted octanol–water partition coefficient (Wildman–Crippen LogP) is 4.70. The van der Waals surface area contributed by atoms with Gasteiger partial charge < -0.3 is 5.32 Å². The molecule has 0 radical (unpaired) electrons. The van der Waals surface area contributed by atoms with Crippen LogP contribution in [0.3, 0.4) is 0 Å². The van der Waals surface area contributed by atoms with Crippen molar-refractivity contribution in [3.05, 3.63) is 35.4 Å². The first-order chi connectivity index (χ1) is 9.15. The number of benzene rings is 1. The molecule has 1 aliphatic carbocycles. The van der Waals surface area contributed by atoms with Crippen molar-refractivity contribution in [1.82, 2.24) is 5.32 Å². The summed E-state index contributed by atoms with van der Waals surface area (Å²) in [6, 6.07) is 9.00. The van der Waals surface area contributed by atoms with Crippen LogP contribution in [0.15, 0.2) is 24.3 Å². The van der Waals surface area contributed by atoms with Gasteiger partial charge in [-0.1, -0.05) is 38.1 Å². The van der Waals surface area contributed by atoms with Gasteiger partial charge in [0.25, 0.3) is 0 Å². The number of halogens is 1. The summed E-state index contributed by atoms with van der Waals surface area (Å²) in [5, 5.41) is 4.02. The van der Waals surface area contributed by atoms with E-state index in [1.165, 1.54) is 36.8 Å². The molecule has 1 aliphatic rings. The number of alkyl halides is 1. The summed E-state index contributed by atoms with van der Waals surface area (Å²) in [6.45, 7) is 6.59. The van der Waals surface area contributed by atoms with Gasteiger partial charge in [-0.25, -0.2) is 0 Å². The van der Waals surface area contributed by atoms with Gasteiger partial charge in [0.15, 0.2) is 0 Å². The van der Waals surface area contributed by atoms with E-state index in [0.717, 1.165) is 19.0 Å². The molecule has 1 aromatic rings. The van der Waals surface area contributed by atoms with Gasteiger partial charge in [0.1, 0.15) is 0 Å². The predicted molar refractivity (Wildman–Crippen MR) is 83.8 cm³/mol. The first-order valence-electron chi connectivity index (χ1n) is 7.58. The van der Waals surface area contributed by atoms with E-state index in [4.69, 9.17) is 11.6 Å². The molecular weight excluding hydrogens is 254 g/mol. The van der Waals surface area contributed by atoms with Crippen LogP contribution >= 0.6 is 11.6 Å². The van der Waals surface area contributed by atoms with Gasteiger partial charge in [0.2, 0.25) is 0 Å². The lowest BCUT2D eigenvalue weighted by Gasteiger charge is -2.25. The Hall–Kier alpha value is -0.530. The highest BCUT2D eigenvalue weighted by Gasteiger charge is 2.18. The van der Waals surface area contributed by atoms with Gasteiger partial charge in [-0.3, -0.25) is 0 Å². The fraction of sp³-hybridized carbons (Fsp3) is 0.647. The van der Waals surface area contributed by atoms with E-state index in [9.17, 15) is 0 Å². The molecule has 0 aromatic heterocycles. The highest BCUT2D eigenvalue weighted by Crippen LogP contribution is 2.27. The quantitative estimate of drug-likeness (QED) is 0.771. The van der Waals surface area contributed by atoms with Gasteiger partial charge in [0, 0.05) is 11.9 Å². The van der Waals surface area contributed by atoms with Crippen LogP contribution in [0.1, 0.15) is 56.6 Å². The Bertz CT molecular complexity index is 363. The van der Waals surface area contributed by atoms with Crippen LogP contribution in [0.2, 0.25) is 0 Å². The first-order valence-corrected chi connectivity index (χ1v) is 8.02. The van der Waals surface area contributed by atoms with E-state index in [1.807, 2.05) is 0 Å². The van der Waals surface area contributed by atoms with Crippen LogP contribution in [-0.4, -0.2) is 11.9 Å². The van der Waals surface area contributed by atoms with E-state index in [1.54, 1.807) is 0 Å². The average Bonchev–Trinajstić information content (AvgIpc) is 2.41. The normalized spacial score (nSPS) is 23.8. The highest BCUT2D eigenvalue weighted by atomic mass is 35.5. The van der Waals surface area contributed by atoms with Crippen LogP contribution in [0.25, 0.3) is 0 Å². The van der Waals surface area contributed by atoms with Crippen LogP contribution in [-0.2, 0) is 6.54 Å². The zero-order chi connectivity index (χ0) is 13.7. The Labute approximate surface area is 122 Å². The summed E-state index contributed by atoms with van der Waals surface area (Å²) in [4.78, 5) is 0. The minimum Gasteiger partial charge on any atom is -0.312 e. The van der Waals surface area contributed by atoms with Crippen molar-refractivity contribution in [2.75, 3.05) is 6.54 Å². The van der Waals surface area contributed by atoms with Crippen LogP contribution < -0.4 is 5.32 Å². The maximum atomic E-state index is 6.13. The van der Waals surface area contributed by atoms with Crippen molar-refractivity contribution in [2.45, 2.75) is 57.4 Å². The van der Waals surface area contributed by atoms with Crippen molar-refractivity contribution < 1.29 is 0 Å². The molecule has 1 nitrogen and oxygen atoms in total. The second-order valence-corrected chi connectivity index (χ2v) is 6.76. The fourth-order valence-corrected chi connectivity index (χ4v) is 3.02. The Morgan fingerprint density at radius 1 is 1.11 bits per heavy atom. The summed E-state index contributed by atoms with van der Waals surface area (Å²) in [7, 11) is 0. The van der Waals surface area contributed by atoms with Crippen molar-refractivity contribution in [3.63, 3.8) is 0 Å². The number of nitrogens with one attached hydrogen (secondary N) is 1. The van der Waals surface area contributed by atoms with Crippen LogP contribution in [0.4, 0.5) is 0 Å². The second-order valence-electron chi connectivity index (χ2n) is 6.15. The average molecular weight is 280 g/mol. The SMILES string of the molecule is CC(C)c1ccc(CNCC2CCC(Cl)CC2)cc1. The number of rotatable bonds is 5. The van der Waals surface area contributed by atoms with Crippen molar-refractivity contribution in [2.24, 2.45) is 5.92 Å². The first kappa shape index (κ1) is 14.9. The summed E-state index contributed by atoms with van der Waals surface area (Å²) in [5.41, 5.74) is 2.81. The summed E-state index contributed by atoms with van der Waals surface area (Å²) < 4.78 is 0. The smallest absolute Gasteiger partial charge is 0.0336 e. The second kappa shape index (κ2) is 7.31. The molecule has 0 bridgehead atoms. The van der Waals surface area contributed by atoms with Gasteiger partial charge in [-0.05, 0) is 55.2 Å². The minimum atomic E-state index is 0.430. The van der Waals surface area contributed by atoms with Crippen molar-refractivity contribution in [3.8, 4) is 0 Å². The monoisotopic (exact) mass is 279 g/mol. The van der Waals surface area contributed by atoms with Crippen LogP contribution in [0, 0.1) is 5.92 Å². The van der Waals surface area contributed by atoms with Crippen molar-refractivity contribution >= 4 is 11.6 Å². The molecule has 0 atom stereocenters. The van der Waals surface area contributed by atoms with Gasteiger partial charge in [0.05, 0.1) is 0 Å². The van der Waals surface area contributed by atoms with E-state index >= 15 is 0 Å². The molecule has 1 aromatic carbocycles. The molecule has 0 unspecified atom stereocenters. The lowest BCUT2D eigenvalue weighted by Crippen LogP contribution is -2.26. The Morgan fingerprint density at radius 2 is 1.74 bits per heavy atom. The Morgan fingerprint density at radius 3 is 2.32 bits per heavy atom. The highest BCUT2D eigenvalue weighted by molar-refractivity contribution is 6.20. The lowest BCUT2D eigenvalue weighted by atomic mass is 9.89. The molecular formula is C17H26ClN. The summed E-state index contributed by atoms with van der Waals surface area (Å²) >= 11 is 6.13. The third-order valence-corrected chi connectivity index (χ3v) is 4.62. The third-order valence-electron chi connectivity index (χ3n) is 4.18. The van der Waals surface area contributed by atoms with Gasteiger partial charge in [-0.2, -0.15) is 0 Å². The molecule has 1 N–H and O–H groups in total. The summed E-state index contributed by atoms with van der Waals surface area (Å²) in [6.07, 6.45) is 4.95. The lowest BCUT2D eigenvalue weighted by molar-refractivity contribution is 0.345. The summed E-state index contributed by atoms with van der Waals surface area (Å²) in [5.74, 6) is 1.44. The van der Waals surface area contributed by atoms with Crippen molar-refractivity contribution in [1.29, 1.82) is 0 Å². The number of hydrogen-bond donors (Lipinski definition) is 1. The standard InChI is InChI=1S/C17H26ClN/c1-13(2)16-7-3-14(4-8-16)11-19-12-15-5-9-17(18)10-6-15/h3-4,7-8,13,15,17,19H,5-6,9-12H2,1-2H3. The Kier molecular flexibility index (Phi) is 5.72. The molecule has 2 heteroatoms. The molecule has 1 saturated carbocycles. The zero-order valence-electron chi connectivity index (χ0n) is 12.2. The molecule has 0 saturated heterocycles. The maximum Gasteiger partial charge on any atom is 0.0336 e. The fourth-order valence-electron chi connectivity index (χ4n) is 2.77. The van der Waals surface area contributed by atoms with Gasteiger partial charge >= 0.3 is 0 Å². The molecule has 0 aliphatic heterocycles. The van der Waals surface area contributed by atoms with E-state index in [2.05, 4.69) is 43.4 Å². The minimum absolute atomic E-state index is 0.430. The molecule has 0 amide bonds. The largest absolute Gasteiger partial charge is 0.312 e. The molecule has 0 spiro atoms. The van der Waals surface area contributed by atoms with Crippen LogP contribution in [0.5, 0.6) is 0 Å². The third kappa shape index (κ3) is 4.81. The van der Waals surface area contributed by atoms with Gasteiger partial charge in [-0.15, -0.1) is 11.6 Å².